The molecule has 0 unspecified atom stereocenters. The van der Waals surface area contributed by atoms with Crippen LogP contribution in [0.15, 0.2) is 36.5 Å². The molecule has 0 amide bonds. The lowest BCUT2D eigenvalue weighted by atomic mass is 10.1. The fourth-order valence-electron chi connectivity index (χ4n) is 1.59. The monoisotopic (exact) mass is 231 g/mol. The maximum absolute atomic E-state index is 11.8. The van der Waals surface area contributed by atoms with E-state index in [1.165, 1.54) is 0 Å². The highest BCUT2D eigenvalue weighted by atomic mass is 32.2. The Morgan fingerprint density at radius 1 is 1.38 bits per heavy atom. The van der Waals surface area contributed by atoms with Crippen LogP contribution < -0.4 is 0 Å². The average Bonchev–Trinajstić information content (AvgIpc) is 2.35. The summed E-state index contributed by atoms with van der Waals surface area (Å²) in [6.45, 7) is 0. The zero-order chi connectivity index (χ0) is 11.4. The van der Waals surface area contributed by atoms with Crippen molar-refractivity contribution in [2.24, 2.45) is 0 Å². The number of carbonyl (C=O) groups is 1. The van der Waals surface area contributed by atoms with Crippen LogP contribution in [0.25, 0.3) is 10.9 Å². The molecule has 3 heteroatoms. The number of Topliss-reactive ketones (excluding diaryl/α,β-unsaturated/α-hetero) is 1. The smallest absolute Gasteiger partial charge is 0.163 e. The molecule has 82 valence electrons. The Balaban J connectivity index is 2.28. The van der Waals surface area contributed by atoms with Gasteiger partial charge in [-0.1, -0.05) is 6.07 Å². The van der Waals surface area contributed by atoms with Crippen LogP contribution in [0.2, 0.25) is 0 Å². The van der Waals surface area contributed by atoms with Crippen LogP contribution in [0.3, 0.4) is 0 Å². The number of hydrogen-bond acceptors (Lipinski definition) is 3. The maximum atomic E-state index is 11.8. The van der Waals surface area contributed by atoms with Gasteiger partial charge in [-0.05, 0) is 30.5 Å². The van der Waals surface area contributed by atoms with Gasteiger partial charge >= 0.3 is 0 Å². The van der Waals surface area contributed by atoms with Crippen LogP contribution in [0, 0.1) is 0 Å². The maximum Gasteiger partial charge on any atom is 0.163 e. The molecule has 1 heterocycles. The molecule has 0 atom stereocenters. The molecule has 2 nitrogen and oxygen atoms in total. The third-order valence-electron chi connectivity index (χ3n) is 2.46. The van der Waals surface area contributed by atoms with Crippen molar-refractivity contribution in [1.82, 2.24) is 4.98 Å². The minimum Gasteiger partial charge on any atom is -0.294 e. The van der Waals surface area contributed by atoms with Gasteiger partial charge in [0.05, 0.1) is 5.52 Å². The third kappa shape index (κ3) is 2.42. The first-order valence-electron chi connectivity index (χ1n) is 5.18. The second kappa shape index (κ2) is 5.12. The lowest BCUT2D eigenvalue weighted by Gasteiger charge is -2.01. The largest absolute Gasteiger partial charge is 0.294 e. The van der Waals surface area contributed by atoms with Crippen molar-refractivity contribution in [3.63, 3.8) is 0 Å². The predicted octanol–water partition coefficient (Wildman–Crippen LogP) is 3.17. The lowest BCUT2D eigenvalue weighted by Crippen LogP contribution is -2.00. The average molecular weight is 231 g/mol. The predicted molar refractivity (Wildman–Crippen MR) is 69.1 cm³/mol. The molecular formula is C13H13NOS. The molecule has 0 aliphatic rings. The van der Waals surface area contributed by atoms with Crippen LogP contribution in [-0.4, -0.2) is 22.8 Å². The SMILES string of the molecule is CSCCC(=O)c1ccc2ncccc2c1. The van der Waals surface area contributed by atoms with Crippen molar-refractivity contribution in [2.75, 3.05) is 12.0 Å². The van der Waals surface area contributed by atoms with E-state index in [4.69, 9.17) is 0 Å². The lowest BCUT2D eigenvalue weighted by molar-refractivity contribution is 0.0989. The van der Waals surface area contributed by atoms with E-state index in [0.29, 0.717) is 6.42 Å². The summed E-state index contributed by atoms with van der Waals surface area (Å²) < 4.78 is 0. The van der Waals surface area contributed by atoms with Gasteiger partial charge in [0.2, 0.25) is 0 Å². The van der Waals surface area contributed by atoms with Crippen molar-refractivity contribution in [3.8, 4) is 0 Å². The molecule has 0 spiro atoms. The van der Waals surface area contributed by atoms with Gasteiger partial charge in [-0.25, -0.2) is 0 Å². The second-order valence-electron chi connectivity index (χ2n) is 3.58. The number of pyridine rings is 1. The summed E-state index contributed by atoms with van der Waals surface area (Å²) in [5.41, 5.74) is 1.72. The highest BCUT2D eigenvalue weighted by Crippen LogP contribution is 2.15. The van der Waals surface area contributed by atoms with Crippen LogP contribution in [0.5, 0.6) is 0 Å². The number of carbonyl (C=O) groups excluding carboxylic acids is 1. The van der Waals surface area contributed by atoms with E-state index < -0.39 is 0 Å². The first-order chi connectivity index (χ1) is 7.81. The normalized spacial score (nSPS) is 10.6. The summed E-state index contributed by atoms with van der Waals surface area (Å²) in [6, 6.07) is 9.55. The molecule has 0 saturated carbocycles. The molecular weight excluding hydrogens is 218 g/mol. The molecule has 0 saturated heterocycles. The Labute approximate surface area is 99.1 Å². The molecule has 0 bridgehead atoms. The van der Waals surface area contributed by atoms with Crippen LogP contribution in [-0.2, 0) is 0 Å². The number of thioether (sulfide) groups is 1. The van der Waals surface area contributed by atoms with Crippen molar-refractivity contribution < 1.29 is 4.79 Å². The molecule has 2 rings (SSSR count). The van der Waals surface area contributed by atoms with Gasteiger partial charge in [-0.2, -0.15) is 11.8 Å². The Morgan fingerprint density at radius 2 is 2.25 bits per heavy atom. The molecule has 0 radical (unpaired) electrons. The van der Waals surface area contributed by atoms with E-state index >= 15 is 0 Å². The summed E-state index contributed by atoms with van der Waals surface area (Å²) in [4.78, 5) is 16.0. The number of fused-ring (bicyclic) bond motifs is 1. The number of hydrogen-bond donors (Lipinski definition) is 0. The molecule has 0 aliphatic carbocycles. The van der Waals surface area contributed by atoms with Gasteiger partial charge in [-0.3, -0.25) is 9.78 Å². The Bertz CT molecular complexity index is 510. The molecule has 1 aromatic heterocycles. The molecule has 0 N–H and O–H groups in total. The van der Waals surface area contributed by atoms with Crippen LogP contribution in [0.4, 0.5) is 0 Å². The summed E-state index contributed by atoms with van der Waals surface area (Å²) in [7, 11) is 0. The molecule has 2 aromatic rings. The minimum atomic E-state index is 0.208. The van der Waals surface area contributed by atoms with E-state index in [1.807, 2.05) is 36.6 Å². The van der Waals surface area contributed by atoms with E-state index in [0.717, 1.165) is 22.2 Å². The highest BCUT2D eigenvalue weighted by molar-refractivity contribution is 7.98. The van der Waals surface area contributed by atoms with Crippen LogP contribution >= 0.6 is 11.8 Å². The minimum absolute atomic E-state index is 0.208. The van der Waals surface area contributed by atoms with Gasteiger partial charge in [0.25, 0.3) is 0 Å². The van der Waals surface area contributed by atoms with Crippen molar-refractivity contribution in [3.05, 3.63) is 42.1 Å². The zero-order valence-corrected chi connectivity index (χ0v) is 9.96. The number of ketones is 1. The molecule has 0 fully saturated rings. The number of aromatic nitrogens is 1. The van der Waals surface area contributed by atoms with Crippen molar-refractivity contribution in [2.45, 2.75) is 6.42 Å². The Morgan fingerprint density at radius 3 is 3.06 bits per heavy atom. The summed E-state index contributed by atoms with van der Waals surface area (Å²) in [6.07, 6.45) is 4.38. The van der Waals surface area contributed by atoms with Gasteiger partial charge in [0.15, 0.2) is 5.78 Å². The summed E-state index contributed by atoms with van der Waals surface area (Å²) in [5.74, 6) is 1.09. The van der Waals surface area contributed by atoms with Gasteiger partial charge in [0.1, 0.15) is 0 Å². The Kier molecular flexibility index (Phi) is 3.57. The molecule has 16 heavy (non-hydrogen) atoms. The quantitative estimate of drug-likeness (QED) is 0.757. The fraction of sp³-hybridized carbons (Fsp3) is 0.231. The topological polar surface area (TPSA) is 30.0 Å². The van der Waals surface area contributed by atoms with Gasteiger partial charge in [-0.15, -0.1) is 0 Å². The fourth-order valence-corrected chi connectivity index (χ4v) is 1.98. The van der Waals surface area contributed by atoms with Crippen molar-refractivity contribution >= 4 is 28.4 Å². The van der Waals surface area contributed by atoms with E-state index in [1.54, 1.807) is 18.0 Å². The zero-order valence-electron chi connectivity index (χ0n) is 9.14. The third-order valence-corrected chi connectivity index (χ3v) is 3.07. The number of nitrogens with zero attached hydrogens (tertiary/aromatic N) is 1. The highest BCUT2D eigenvalue weighted by Gasteiger charge is 2.05. The summed E-state index contributed by atoms with van der Waals surface area (Å²) in [5, 5.41) is 1.03. The first kappa shape index (κ1) is 11.1. The van der Waals surface area contributed by atoms with Gasteiger partial charge in [0, 0.05) is 29.3 Å². The number of rotatable bonds is 4. The van der Waals surface area contributed by atoms with E-state index in [2.05, 4.69) is 4.98 Å². The standard InChI is InChI=1S/C13H13NOS/c1-16-8-6-13(15)11-4-5-12-10(9-11)3-2-7-14-12/h2-5,7,9H,6,8H2,1H3. The number of benzene rings is 1. The Hall–Kier alpha value is -1.35. The second-order valence-corrected chi connectivity index (χ2v) is 4.56. The van der Waals surface area contributed by atoms with E-state index in [-0.39, 0.29) is 5.78 Å². The molecule has 1 aromatic carbocycles. The first-order valence-corrected chi connectivity index (χ1v) is 6.57. The molecule has 0 aliphatic heterocycles. The van der Waals surface area contributed by atoms with Crippen molar-refractivity contribution in [1.29, 1.82) is 0 Å². The van der Waals surface area contributed by atoms with Gasteiger partial charge < -0.3 is 0 Å². The summed E-state index contributed by atoms with van der Waals surface area (Å²) >= 11 is 1.70. The van der Waals surface area contributed by atoms with E-state index in [9.17, 15) is 4.79 Å². The van der Waals surface area contributed by atoms with Crippen LogP contribution in [0.1, 0.15) is 16.8 Å².